The molecule has 0 saturated heterocycles. The van der Waals surface area contributed by atoms with Gasteiger partial charge in [0.15, 0.2) is 5.78 Å². The molecule has 1 saturated carbocycles. The fourth-order valence-electron chi connectivity index (χ4n) is 2.20. The summed E-state index contributed by atoms with van der Waals surface area (Å²) in [5.74, 6) is 1.75. The molecule has 0 heterocycles. The van der Waals surface area contributed by atoms with E-state index >= 15 is 0 Å². The summed E-state index contributed by atoms with van der Waals surface area (Å²) < 4.78 is 10.4. The molecule has 1 aliphatic rings. The molecular formula is C14H16O3. The molecule has 0 radical (unpaired) electrons. The third-order valence-corrected chi connectivity index (χ3v) is 3.22. The Morgan fingerprint density at radius 1 is 1.18 bits per heavy atom. The molecule has 0 aliphatic heterocycles. The van der Waals surface area contributed by atoms with Crippen LogP contribution in [-0.4, -0.2) is 20.0 Å². The fourth-order valence-corrected chi connectivity index (χ4v) is 2.20. The third kappa shape index (κ3) is 2.18. The summed E-state index contributed by atoms with van der Waals surface area (Å²) in [6.07, 6.45) is 1.41. The molecule has 0 spiro atoms. The zero-order valence-corrected chi connectivity index (χ0v) is 10.2. The van der Waals surface area contributed by atoms with E-state index in [4.69, 9.17) is 9.47 Å². The Morgan fingerprint density at radius 3 is 2.18 bits per heavy atom. The maximum Gasteiger partial charge on any atom is 0.158 e. The van der Waals surface area contributed by atoms with E-state index in [1.54, 1.807) is 14.2 Å². The quantitative estimate of drug-likeness (QED) is 0.752. The van der Waals surface area contributed by atoms with Gasteiger partial charge in [0.25, 0.3) is 0 Å². The Hall–Kier alpha value is -1.77. The summed E-state index contributed by atoms with van der Waals surface area (Å²) in [4.78, 5) is 11.5. The van der Waals surface area contributed by atoms with Crippen molar-refractivity contribution in [2.24, 2.45) is 0 Å². The number of hydrogen-bond acceptors (Lipinski definition) is 3. The number of rotatable bonds is 3. The van der Waals surface area contributed by atoms with Gasteiger partial charge < -0.3 is 9.47 Å². The molecule has 2 rings (SSSR count). The normalized spacial score (nSPS) is 19.5. The zero-order valence-electron chi connectivity index (χ0n) is 10.2. The first-order valence-corrected chi connectivity index (χ1v) is 5.60. The Morgan fingerprint density at radius 2 is 1.76 bits per heavy atom. The van der Waals surface area contributed by atoms with Crippen LogP contribution < -0.4 is 9.47 Å². The predicted molar refractivity (Wildman–Crippen MR) is 65.7 cm³/mol. The molecule has 1 unspecified atom stereocenters. The van der Waals surface area contributed by atoms with Crippen LogP contribution in [0.5, 0.6) is 11.5 Å². The average molecular weight is 232 g/mol. The van der Waals surface area contributed by atoms with Gasteiger partial charge in [-0.25, -0.2) is 0 Å². The van der Waals surface area contributed by atoms with Gasteiger partial charge in [-0.15, -0.1) is 0 Å². The van der Waals surface area contributed by atoms with E-state index in [-0.39, 0.29) is 11.7 Å². The summed E-state index contributed by atoms with van der Waals surface area (Å²) in [7, 11) is 3.24. The number of allylic oxidation sites excluding steroid dienone is 1. The zero-order chi connectivity index (χ0) is 12.4. The van der Waals surface area contributed by atoms with Gasteiger partial charge in [0.2, 0.25) is 0 Å². The van der Waals surface area contributed by atoms with Crippen LogP contribution in [0.25, 0.3) is 0 Å². The lowest BCUT2D eigenvalue weighted by molar-refractivity contribution is -0.114. The SMILES string of the molecule is C=C1C(=O)CCC1c1cc(OC)cc(OC)c1. The van der Waals surface area contributed by atoms with Gasteiger partial charge in [-0.1, -0.05) is 6.58 Å². The van der Waals surface area contributed by atoms with Crippen LogP contribution in [0.1, 0.15) is 24.3 Å². The van der Waals surface area contributed by atoms with Crippen molar-refractivity contribution in [3.8, 4) is 11.5 Å². The number of carbonyl (C=O) groups excluding carboxylic acids is 1. The first kappa shape index (κ1) is 11.7. The van der Waals surface area contributed by atoms with Crippen LogP contribution in [0, 0.1) is 0 Å². The molecule has 3 heteroatoms. The summed E-state index contributed by atoms with van der Waals surface area (Å²) in [6, 6.07) is 5.71. The van der Waals surface area contributed by atoms with Crippen molar-refractivity contribution in [3.63, 3.8) is 0 Å². The monoisotopic (exact) mass is 232 g/mol. The van der Waals surface area contributed by atoms with Crippen molar-refractivity contribution < 1.29 is 14.3 Å². The number of ketones is 1. The molecule has 0 aromatic heterocycles. The third-order valence-electron chi connectivity index (χ3n) is 3.22. The van der Waals surface area contributed by atoms with Crippen LogP contribution in [0.2, 0.25) is 0 Å². The van der Waals surface area contributed by atoms with Gasteiger partial charge in [0, 0.05) is 18.4 Å². The topological polar surface area (TPSA) is 35.5 Å². The first-order valence-electron chi connectivity index (χ1n) is 5.60. The maximum atomic E-state index is 11.5. The van der Waals surface area contributed by atoms with E-state index in [2.05, 4.69) is 6.58 Å². The summed E-state index contributed by atoms with van der Waals surface area (Å²) in [5, 5.41) is 0. The van der Waals surface area contributed by atoms with Crippen molar-refractivity contribution in [1.29, 1.82) is 0 Å². The number of Topliss-reactive ketones (excluding diaryl/α,β-unsaturated/α-hetero) is 1. The number of carbonyl (C=O) groups is 1. The molecule has 1 aromatic rings. The lowest BCUT2D eigenvalue weighted by Gasteiger charge is -2.13. The van der Waals surface area contributed by atoms with E-state index < -0.39 is 0 Å². The van der Waals surface area contributed by atoms with E-state index in [9.17, 15) is 4.79 Å². The van der Waals surface area contributed by atoms with E-state index in [1.165, 1.54) is 0 Å². The molecular weight excluding hydrogens is 216 g/mol. The van der Waals surface area contributed by atoms with Gasteiger partial charge in [0.1, 0.15) is 11.5 Å². The maximum absolute atomic E-state index is 11.5. The van der Waals surface area contributed by atoms with Crippen LogP contribution in [-0.2, 0) is 4.79 Å². The molecule has 0 amide bonds. The fraction of sp³-hybridized carbons (Fsp3) is 0.357. The second-order valence-corrected chi connectivity index (χ2v) is 4.19. The molecule has 90 valence electrons. The van der Waals surface area contributed by atoms with Crippen LogP contribution in [0.15, 0.2) is 30.4 Å². The average Bonchev–Trinajstić information content (AvgIpc) is 2.69. The lowest BCUT2D eigenvalue weighted by atomic mass is 9.94. The summed E-state index contributed by atoms with van der Waals surface area (Å²) in [6.45, 7) is 3.87. The number of benzene rings is 1. The van der Waals surface area contributed by atoms with Gasteiger partial charge in [-0.2, -0.15) is 0 Å². The minimum absolute atomic E-state index is 0.103. The Balaban J connectivity index is 2.38. The van der Waals surface area contributed by atoms with E-state index in [0.717, 1.165) is 23.5 Å². The van der Waals surface area contributed by atoms with Crippen LogP contribution in [0.3, 0.4) is 0 Å². The standard InChI is InChI=1S/C14H16O3/c1-9-13(4-5-14(9)15)10-6-11(16-2)8-12(7-10)17-3/h6-8,13H,1,4-5H2,2-3H3. The highest BCUT2D eigenvalue weighted by Crippen LogP contribution is 2.38. The van der Waals surface area contributed by atoms with E-state index in [1.807, 2.05) is 18.2 Å². The van der Waals surface area contributed by atoms with Crippen LogP contribution in [0.4, 0.5) is 0 Å². The summed E-state index contributed by atoms with van der Waals surface area (Å²) in [5.41, 5.74) is 1.73. The number of ether oxygens (including phenoxy) is 2. The number of methoxy groups -OCH3 is 2. The highest BCUT2D eigenvalue weighted by atomic mass is 16.5. The van der Waals surface area contributed by atoms with E-state index in [0.29, 0.717) is 12.0 Å². The second-order valence-electron chi connectivity index (χ2n) is 4.19. The minimum atomic E-state index is 0.103. The van der Waals surface area contributed by atoms with Crippen molar-refractivity contribution in [1.82, 2.24) is 0 Å². The van der Waals surface area contributed by atoms with Gasteiger partial charge in [-0.05, 0) is 29.7 Å². The Kier molecular flexibility index (Phi) is 3.18. The molecule has 1 aromatic carbocycles. The highest BCUT2D eigenvalue weighted by Gasteiger charge is 2.28. The molecule has 17 heavy (non-hydrogen) atoms. The molecule has 1 aliphatic carbocycles. The van der Waals surface area contributed by atoms with Crippen molar-refractivity contribution in [3.05, 3.63) is 35.9 Å². The van der Waals surface area contributed by atoms with Gasteiger partial charge in [-0.3, -0.25) is 4.79 Å². The molecule has 0 N–H and O–H groups in total. The van der Waals surface area contributed by atoms with Crippen molar-refractivity contribution in [2.45, 2.75) is 18.8 Å². The van der Waals surface area contributed by atoms with Crippen molar-refractivity contribution >= 4 is 5.78 Å². The largest absolute Gasteiger partial charge is 0.497 e. The lowest BCUT2D eigenvalue weighted by Crippen LogP contribution is -2.00. The molecule has 0 bridgehead atoms. The molecule has 1 fully saturated rings. The summed E-state index contributed by atoms with van der Waals surface area (Å²) >= 11 is 0. The van der Waals surface area contributed by atoms with Crippen molar-refractivity contribution in [2.75, 3.05) is 14.2 Å². The predicted octanol–water partition coefficient (Wildman–Crippen LogP) is 2.71. The molecule has 3 nitrogen and oxygen atoms in total. The smallest absolute Gasteiger partial charge is 0.158 e. The van der Waals surface area contributed by atoms with Gasteiger partial charge in [0.05, 0.1) is 14.2 Å². The molecule has 1 atom stereocenters. The minimum Gasteiger partial charge on any atom is -0.497 e. The second kappa shape index (κ2) is 4.62. The first-order chi connectivity index (χ1) is 8.15. The van der Waals surface area contributed by atoms with Gasteiger partial charge >= 0.3 is 0 Å². The Bertz CT molecular complexity index is 440. The highest BCUT2D eigenvalue weighted by molar-refractivity contribution is 5.98. The number of hydrogen-bond donors (Lipinski definition) is 0. The Labute approximate surface area is 101 Å². The van der Waals surface area contributed by atoms with Crippen LogP contribution >= 0.6 is 0 Å².